The molecule has 0 aromatic heterocycles. The lowest BCUT2D eigenvalue weighted by Crippen LogP contribution is -2.37. The molecule has 3 rings (SSSR count). The fourth-order valence-electron chi connectivity index (χ4n) is 2.74. The predicted octanol–water partition coefficient (Wildman–Crippen LogP) is 2.86. The Morgan fingerprint density at radius 2 is 1.75 bits per heavy atom. The normalized spacial score (nSPS) is 22.4. The van der Waals surface area contributed by atoms with Crippen molar-refractivity contribution in [1.82, 2.24) is 4.31 Å². The van der Waals surface area contributed by atoms with Gasteiger partial charge in [0.25, 0.3) is 0 Å². The molecule has 0 saturated carbocycles. The highest BCUT2D eigenvalue weighted by Crippen LogP contribution is 2.45. The van der Waals surface area contributed by atoms with E-state index in [4.69, 9.17) is 4.74 Å². The van der Waals surface area contributed by atoms with Gasteiger partial charge in [0.15, 0.2) is 5.72 Å². The topological polar surface area (TPSA) is 66.8 Å². The maximum atomic E-state index is 13.3. The van der Waals surface area contributed by atoms with E-state index in [9.17, 15) is 22.3 Å². The van der Waals surface area contributed by atoms with E-state index < -0.39 is 27.4 Å². The Kier molecular flexibility index (Phi) is 3.67. The maximum Gasteiger partial charge on any atom is 0.246 e. The van der Waals surface area contributed by atoms with E-state index in [1.807, 2.05) is 0 Å². The molecule has 128 valence electrons. The van der Waals surface area contributed by atoms with Gasteiger partial charge in [-0.2, -0.15) is 4.31 Å². The molecule has 1 unspecified atom stereocenters. The molecule has 1 atom stereocenters. The zero-order valence-electron chi connectivity index (χ0n) is 13.2. The molecule has 5 nitrogen and oxygen atoms in total. The van der Waals surface area contributed by atoms with Crippen molar-refractivity contribution < 1.29 is 27.0 Å². The molecule has 0 bridgehead atoms. The van der Waals surface area contributed by atoms with Crippen LogP contribution in [0.2, 0.25) is 0 Å². The van der Waals surface area contributed by atoms with Crippen molar-refractivity contribution in [2.75, 3.05) is 7.05 Å². The number of hydrogen-bond donors (Lipinski definition) is 1. The molecule has 0 aliphatic carbocycles. The van der Waals surface area contributed by atoms with Crippen LogP contribution in [0.5, 0.6) is 11.5 Å². The van der Waals surface area contributed by atoms with Crippen molar-refractivity contribution >= 4 is 10.0 Å². The second kappa shape index (κ2) is 5.23. The van der Waals surface area contributed by atoms with Crippen LogP contribution >= 0.6 is 0 Å². The van der Waals surface area contributed by atoms with Crippen LogP contribution in [-0.4, -0.2) is 24.9 Å². The predicted molar refractivity (Wildman–Crippen MR) is 82.1 cm³/mol. The van der Waals surface area contributed by atoms with Gasteiger partial charge in [-0.1, -0.05) is 0 Å². The molecule has 2 aromatic carbocycles. The molecule has 24 heavy (non-hydrogen) atoms. The standard InChI is InChI=1S/C16H15F2NO4S/c1-9-14(23-12-7-10(17)6-11(18)8-12)5-4-13-15(9)24(21,22)19(3)16(13,2)20/h4-8,20H,1-3H3. The quantitative estimate of drug-likeness (QED) is 0.900. The number of nitrogens with zero attached hydrogens (tertiary/aromatic N) is 1. The zero-order chi connectivity index (χ0) is 17.9. The molecule has 1 aliphatic rings. The number of benzene rings is 2. The summed E-state index contributed by atoms with van der Waals surface area (Å²) in [7, 11) is -2.62. The van der Waals surface area contributed by atoms with Gasteiger partial charge in [-0.3, -0.25) is 0 Å². The lowest BCUT2D eigenvalue weighted by atomic mass is 10.0. The van der Waals surface area contributed by atoms with Crippen molar-refractivity contribution in [2.24, 2.45) is 0 Å². The van der Waals surface area contributed by atoms with Gasteiger partial charge in [0.1, 0.15) is 23.1 Å². The van der Waals surface area contributed by atoms with Crippen LogP contribution in [0, 0.1) is 18.6 Å². The smallest absolute Gasteiger partial charge is 0.246 e. The first-order valence-corrected chi connectivity index (χ1v) is 8.48. The van der Waals surface area contributed by atoms with E-state index in [1.165, 1.54) is 33.0 Å². The third-order valence-corrected chi connectivity index (χ3v) is 6.28. The molecule has 0 fully saturated rings. The van der Waals surface area contributed by atoms with E-state index in [0.29, 0.717) is 6.07 Å². The molecule has 1 aliphatic heterocycles. The van der Waals surface area contributed by atoms with E-state index in [0.717, 1.165) is 16.4 Å². The Morgan fingerprint density at radius 1 is 1.17 bits per heavy atom. The second-order valence-electron chi connectivity index (χ2n) is 5.77. The molecule has 0 amide bonds. The van der Waals surface area contributed by atoms with Crippen LogP contribution < -0.4 is 4.74 Å². The van der Waals surface area contributed by atoms with Crippen LogP contribution in [0.4, 0.5) is 8.78 Å². The molecule has 0 spiro atoms. The van der Waals surface area contributed by atoms with E-state index in [1.54, 1.807) is 0 Å². The number of fused-ring (bicyclic) bond motifs is 1. The van der Waals surface area contributed by atoms with Crippen LogP contribution in [0.15, 0.2) is 35.2 Å². The van der Waals surface area contributed by atoms with Crippen molar-refractivity contribution in [3.8, 4) is 11.5 Å². The van der Waals surface area contributed by atoms with Gasteiger partial charge in [0.2, 0.25) is 10.0 Å². The van der Waals surface area contributed by atoms with Crippen LogP contribution in [0.1, 0.15) is 18.1 Å². The van der Waals surface area contributed by atoms with Gasteiger partial charge in [0.05, 0.1) is 4.90 Å². The monoisotopic (exact) mass is 355 g/mol. The van der Waals surface area contributed by atoms with Crippen molar-refractivity contribution in [3.05, 3.63) is 53.1 Å². The largest absolute Gasteiger partial charge is 0.457 e. The number of halogens is 2. The van der Waals surface area contributed by atoms with Gasteiger partial charge in [-0.15, -0.1) is 0 Å². The number of sulfonamides is 1. The first-order chi connectivity index (χ1) is 11.0. The van der Waals surface area contributed by atoms with Gasteiger partial charge >= 0.3 is 0 Å². The van der Waals surface area contributed by atoms with Crippen molar-refractivity contribution in [2.45, 2.75) is 24.5 Å². The molecule has 1 N–H and O–H groups in total. The van der Waals surface area contributed by atoms with Gasteiger partial charge in [-0.25, -0.2) is 17.2 Å². The van der Waals surface area contributed by atoms with E-state index >= 15 is 0 Å². The average Bonchev–Trinajstić information content (AvgIpc) is 2.59. The Balaban J connectivity index is 2.13. The van der Waals surface area contributed by atoms with Gasteiger partial charge < -0.3 is 9.84 Å². The number of ether oxygens (including phenoxy) is 1. The summed E-state index contributed by atoms with van der Waals surface area (Å²) in [5.74, 6) is -1.57. The highest BCUT2D eigenvalue weighted by atomic mass is 32.2. The Morgan fingerprint density at radius 3 is 2.33 bits per heavy atom. The minimum Gasteiger partial charge on any atom is -0.457 e. The number of rotatable bonds is 2. The lowest BCUT2D eigenvalue weighted by Gasteiger charge is -2.24. The van der Waals surface area contributed by atoms with Crippen molar-refractivity contribution in [1.29, 1.82) is 0 Å². The second-order valence-corrected chi connectivity index (χ2v) is 7.67. The third-order valence-electron chi connectivity index (χ3n) is 4.16. The van der Waals surface area contributed by atoms with E-state index in [-0.39, 0.29) is 27.5 Å². The average molecular weight is 355 g/mol. The Labute approximate surface area is 138 Å². The van der Waals surface area contributed by atoms with Crippen LogP contribution in [0.25, 0.3) is 0 Å². The first-order valence-electron chi connectivity index (χ1n) is 7.04. The zero-order valence-corrected chi connectivity index (χ0v) is 14.0. The summed E-state index contributed by atoms with van der Waals surface area (Å²) in [4.78, 5) is -0.0654. The summed E-state index contributed by atoms with van der Waals surface area (Å²) < 4.78 is 57.9. The molecule has 1 heterocycles. The van der Waals surface area contributed by atoms with Crippen LogP contribution in [-0.2, 0) is 15.7 Å². The fourth-order valence-corrected chi connectivity index (χ4v) is 4.61. The molecular formula is C16H15F2NO4S. The lowest BCUT2D eigenvalue weighted by molar-refractivity contribution is -0.0318. The van der Waals surface area contributed by atoms with Gasteiger partial charge in [0, 0.05) is 36.4 Å². The molecule has 8 heteroatoms. The third kappa shape index (κ3) is 2.38. The SMILES string of the molecule is Cc1c(Oc2cc(F)cc(F)c2)ccc2c1S(=O)(=O)N(C)C2(C)O. The van der Waals surface area contributed by atoms with Crippen molar-refractivity contribution in [3.63, 3.8) is 0 Å². The Hall–Kier alpha value is -2.03. The minimum absolute atomic E-state index is 0.0654. The summed E-state index contributed by atoms with van der Waals surface area (Å²) in [6.07, 6.45) is 0. The Bertz CT molecular complexity index is 921. The van der Waals surface area contributed by atoms with E-state index in [2.05, 4.69) is 0 Å². The molecule has 0 saturated heterocycles. The number of hydrogen-bond acceptors (Lipinski definition) is 4. The summed E-state index contributed by atoms with van der Waals surface area (Å²) in [6, 6.07) is 5.58. The molecule has 2 aromatic rings. The minimum atomic E-state index is -3.90. The summed E-state index contributed by atoms with van der Waals surface area (Å²) in [6.45, 7) is 2.88. The number of aliphatic hydroxyl groups is 1. The maximum absolute atomic E-state index is 13.3. The molecule has 0 radical (unpaired) electrons. The fraction of sp³-hybridized carbons (Fsp3) is 0.250. The summed E-state index contributed by atoms with van der Waals surface area (Å²) in [5.41, 5.74) is -1.20. The summed E-state index contributed by atoms with van der Waals surface area (Å²) >= 11 is 0. The highest BCUT2D eigenvalue weighted by Gasteiger charge is 2.49. The first kappa shape index (κ1) is 16.8. The highest BCUT2D eigenvalue weighted by molar-refractivity contribution is 7.89. The summed E-state index contributed by atoms with van der Waals surface area (Å²) in [5, 5.41) is 10.4. The van der Waals surface area contributed by atoms with Crippen LogP contribution in [0.3, 0.4) is 0 Å². The van der Waals surface area contributed by atoms with Gasteiger partial charge in [-0.05, 0) is 26.0 Å². The molecular weight excluding hydrogens is 340 g/mol.